The number of fused-ring (bicyclic) bond motifs is 1. The lowest BCUT2D eigenvalue weighted by Gasteiger charge is -2.30. The van der Waals surface area contributed by atoms with Crippen molar-refractivity contribution >= 4 is 28.2 Å². The van der Waals surface area contributed by atoms with E-state index in [1.54, 1.807) is 23.5 Å². The van der Waals surface area contributed by atoms with Crippen LogP contribution in [0.4, 0.5) is 0 Å². The molecule has 4 rings (SSSR count). The summed E-state index contributed by atoms with van der Waals surface area (Å²) in [5.41, 5.74) is 1.24. The van der Waals surface area contributed by atoms with Crippen LogP contribution in [-0.4, -0.2) is 30.4 Å². The maximum atomic E-state index is 12.8. The Kier molecular flexibility index (Phi) is 6.11. The number of hydrogen-bond acceptors (Lipinski definition) is 5. The highest BCUT2D eigenvalue weighted by molar-refractivity contribution is 7.10. The molecule has 1 aromatic carbocycles. The zero-order valence-electron chi connectivity index (χ0n) is 16.6. The van der Waals surface area contributed by atoms with Crippen molar-refractivity contribution in [2.45, 2.75) is 38.6 Å². The molecule has 3 aromatic rings. The normalized spacial score (nSPS) is 16.4. The lowest BCUT2D eigenvalue weighted by molar-refractivity contribution is 0.0907. The summed E-state index contributed by atoms with van der Waals surface area (Å²) in [7, 11) is 0. The van der Waals surface area contributed by atoms with E-state index in [0.717, 1.165) is 18.7 Å². The largest absolute Gasteiger partial charge is 0.451 e. The summed E-state index contributed by atoms with van der Waals surface area (Å²) in [5.74, 6) is -0.282. The zero-order valence-corrected chi connectivity index (χ0v) is 17.5. The summed E-state index contributed by atoms with van der Waals surface area (Å²) in [6.07, 6.45) is 4.91. The first-order valence-corrected chi connectivity index (χ1v) is 11.1. The summed E-state index contributed by atoms with van der Waals surface area (Å²) in [6.45, 7) is 4.51. The predicted molar refractivity (Wildman–Crippen MR) is 117 cm³/mol. The van der Waals surface area contributed by atoms with Crippen LogP contribution in [-0.2, 0) is 0 Å². The van der Waals surface area contributed by atoms with E-state index in [9.17, 15) is 9.59 Å². The summed E-state index contributed by atoms with van der Waals surface area (Å²) >= 11 is 1.72. The highest BCUT2D eigenvalue weighted by Crippen LogP contribution is 2.27. The SMILES string of the molecule is Cc1ccc2c(=O)cc(C(=O)NC[C@@H](c3cccs3)N3CCCCCC3)oc2c1. The molecule has 1 atom stereocenters. The molecule has 0 unspecified atom stereocenters. The molecule has 0 spiro atoms. The molecule has 1 aliphatic heterocycles. The van der Waals surface area contributed by atoms with Crippen LogP contribution in [0.2, 0.25) is 0 Å². The van der Waals surface area contributed by atoms with Gasteiger partial charge >= 0.3 is 0 Å². The Balaban J connectivity index is 1.53. The number of amides is 1. The molecule has 6 heteroatoms. The molecule has 3 heterocycles. The van der Waals surface area contributed by atoms with Crippen molar-refractivity contribution in [3.63, 3.8) is 0 Å². The minimum Gasteiger partial charge on any atom is -0.451 e. The van der Waals surface area contributed by atoms with Crippen LogP contribution in [0.1, 0.15) is 52.7 Å². The molecule has 152 valence electrons. The third kappa shape index (κ3) is 4.60. The molecule has 1 aliphatic rings. The van der Waals surface area contributed by atoms with Crippen molar-refractivity contribution in [3.8, 4) is 0 Å². The first-order chi connectivity index (χ1) is 14.1. The predicted octanol–water partition coefficient (Wildman–Crippen LogP) is 4.51. The molecule has 0 aliphatic carbocycles. The average Bonchev–Trinajstić information content (AvgIpc) is 3.10. The highest BCUT2D eigenvalue weighted by atomic mass is 32.1. The van der Waals surface area contributed by atoms with E-state index in [2.05, 4.69) is 27.7 Å². The molecule has 0 bridgehead atoms. The minimum absolute atomic E-state index is 0.0638. The number of hydrogen-bond donors (Lipinski definition) is 1. The number of nitrogens with one attached hydrogen (secondary N) is 1. The van der Waals surface area contributed by atoms with Crippen LogP contribution in [0.5, 0.6) is 0 Å². The summed E-state index contributed by atoms with van der Waals surface area (Å²) in [4.78, 5) is 28.9. The van der Waals surface area contributed by atoms with Crippen LogP contribution in [0.3, 0.4) is 0 Å². The third-order valence-electron chi connectivity index (χ3n) is 5.52. The molecular formula is C23H26N2O3S. The van der Waals surface area contributed by atoms with Gasteiger partial charge in [0.15, 0.2) is 11.2 Å². The number of likely N-dealkylation sites (tertiary alicyclic amines) is 1. The molecule has 1 fully saturated rings. The van der Waals surface area contributed by atoms with Crippen LogP contribution in [0.15, 0.2) is 51.0 Å². The van der Waals surface area contributed by atoms with Crippen LogP contribution in [0.25, 0.3) is 11.0 Å². The maximum absolute atomic E-state index is 12.8. The Morgan fingerprint density at radius 2 is 1.97 bits per heavy atom. The lowest BCUT2D eigenvalue weighted by Crippen LogP contribution is -2.38. The van der Waals surface area contributed by atoms with Gasteiger partial charge < -0.3 is 9.73 Å². The molecule has 5 nitrogen and oxygen atoms in total. The monoisotopic (exact) mass is 410 g/mol. The van der Waals surface area contributed by atoms with E-state index in [0.29, 0.717) is 17.5 Å². The standard InChI is InChI=1S/C23H26N2O3S/c1-16-8-9-17-19(26)14-21(28-20(17)13-16)23(27)24-15-18(22-7-6-12-29-22)25-10-4-2-3-5-11-25/h6-9,12-14,18H,2-5,10-11,15H2,1H3,(H,24,27)/t18-/m0/s1. The fraction of sp³-hybridized carbons (Fsp3) is 0.391. The van der Waals surface area contributed by atoms with E-state index in [4.69, 9.17) is 4.42 Å². The van der Waals surface area contributed by atoms with Crippen molar-refractivity contribution in [1.82, 2.24) is 10.2 Å². The van der Waals surface area contributed by atoms with Gasteiger partial charge in [0.2, 0.25) is 0 Å². The molecule has 2 aromatic heterocycles. The topological polar surface area (TPSA) is 62.6 Å². The molecule has 1 N–H and O–H groups in total. The average molecular weight is 411 g/mol. The molecule has 0 radical (unpaired) electrons. The fourth-order valence-electron chi connectivity index (χ4n) is 3.95. The summed E-state index contributed by atoms with van der Waals surface area (Å²) in [5, 5.41) is 5.57. The van der Waals surface area contributed by atoms with E-state index in [1.165, 1.54) is 36.6 Å². The third-order valence-corrected chi connectivity index (χ3v) is 6.49. The van der Waals surface area contributed by atoms with Crippen molar-refractivity contribution in [1.29, 1.82) is 0 Å². The highest BCUT2D eigenvalue weighted by Gasteiger charge is 2.24. The minimum atomic E-state index is -0.345. The first kappa shape index (κ1) is 19.9. The Morgan fingerprint density at radius 3 is 2.69 bits per heavy atom. The van der Waals surface area contributed by atoms with E-state index in [-0.39, 0.29) is 23.1 Å². The van der Waals surface area contributed by atoms with Crippen molar-refractivity contribution in [3.05, 3.63) is 68.2 Å². The second kappa shape index (κ2) is 8.93. The van der Waals surface area contributed by atoms with Gasteiger partial charge in [0.05, 0.1) is 11.4 Å². The Hall–Kier alpha value is -2.44. The van der Waals surface area contributed by atoms with E-state index >= 15 is 0 Å². The smallest absolute Gasteiger partial charge is 0.287 e. The number of rotatable bonds is 5. The fourth-order valence-corrected chi connectivity index (χ4v) is 4.81. The summed E-state index contributed by atoms with van der Waals surface area (Å²) < 4.78 is 5.75. The molecule has 1 saturated heterocycles. The van der Waals surface area contributed by atoms with Crippen LogP contribution in [0, 0.1) is 6.92 Å². The number of benzene rings is 1. The van der Waals surface area contributed by atoms with Gasteiger partial charge in [-0.05, 0) is 62.0 Å². The second-order valence-electron chi connectivity index (χ2n) is 7.67. The van der Waals surface area contributed by atoms with Crippen molar-refractivity contribution < 1.29 is 9.21 Å². The van der Waals surface area contributed by atoms with Crippen molar-refractivity contribution in [2.75, 3.05) is 19.6 Å². The number of carbonyl (C=O) groups excluding carboxylic acids is 1. The van der Waals surface area contributed by atoms with Crippen molar-refractivity contribution in [2.24, 2.45) is 0 Å². The Bertz CT molecular complexity index is 1030. The van der Waals surface area contributed by atoms with Gasteiger partial charge in [-0.2, -0.15) is 0 Å². The molecule has 0 saturated carbocycles. The maximum Gasteiger partial charge on any atom is 0.287 e. The number of thiophene rings is 1. The van der Waals surface area contributed by atoms with Gasteiger partial charge in [-0.15, -0.1) is 11.3 Å². The molecule has 1 amide bonds. The van der Waals surface area contributed by atoms with Gasteiger partial charge in [-0.25, -0.2) is 0 Å². The van der Waals surface area contributed by atoms with Gasteiger partial charge in [0, 0.05) is 17.5 Å². The van der Waals surface area contributed by atoms with Crippen LogP contribution < -0.4 is 10.7 Å². The zero-order chi connectivity index (χ0) is 20.2. The number of aryl methyl sites for hydroxylation is 1. The first-order valence-electron chi connectivity index (χ1n) is 10.2. The second-order valence-corrected chi connectivity index (χ2v) is 8.65. The lowest BCUT2D eigenvalue weighted by atomic mass is 10.1. The van der Waals surface area contributed by atoms with Gasteiger partial charge in [-0.1, -0.05) is 25.0 Å². The molecular weight excluding hydrogens is 384 g/mol. The Morgan fingerprint density at radius 1 is 1.17 bits per heavy atom. The van der Waals surface area contributed by atoms with Gasteiger partial charge in [0.1, 0.15) is 5.58 Å². The van der Waals surface area contributed by atoms with Gasteiger partial charge in [0.25, 0.3) is 5.91 Å². The summed E-state index contributed by atoms with van der Waals surface area (Å²) in [6, 6.07) is 11.0. The number of carbonyl (C=O) groups is 1. The van der Waals surface area contributed by atoms with Gasteiger partial charge in [-0.3, -0.25) is 14.5 Å². The van der Waals surface area contributed by atoms with E-state index in [1.807, 2.05) is 13.0 Å². The van der Waals surface area contributed by atoms with E-state index < -0.39 is 0 Å². The Labute approximate surface area is 174 Å². The number of nitrogens with zero attached hydrogens (tertiary/aromatic N) is 1. The van der Waals surface area contributed by atoms with Crippen LogP contribution >= 0.6 is 11.3 Å². The molecule has 29 heavy (non-hydrogen) atoms. The quantitative estimate of drug-likeness (QED) is 0.672.